The molecule has 0 saturated carbocycles. The molecule has 1 N–H and O–H groups in total. The van der Waals surface area contributed by atoms with E-state index in [1.807, 2.05) is 30.3 Å². The summed E-state index contributed by atoms with van der Waals surface area (Å²) in [5, 5.41) is 3.09. The van der Waals surface area contributed by atoms with Crippen molar-refractivity contribution in [3.63, 3.8) is 0 Å². The van der Waals surface area contributed by atoms with Crippen LogP contribution in [0.2, 0.25) is 0 Å². The Morgan fingerprint density at radius 3 is 2.83 bits per heavy atom. The fraction of sp³-hybridized carbons (Fsp3) is 0.350. The highest BCUT2D eigenvalue weighted by molar-refractivity contribution is 5.78. The first-order valence-corrected chi connectivity index (χ1v) is 8.47. The lowest BCUT2D eigenvalue weighted by Crippen LogP contribution is -2.40. The zero-order valence-corrected chi connectivity index (χ0v) is 14.1. The lowest BCUT2D eigenvalue weighted by atomic mass is 10.1. The standard InChI is InChI=1S/C20H24N2O2/c1-24-19-11-5-7-16(13-19)14-20(23)21-15-18-10-6-12-22(18)17-8-3-2-4-9-17/h2-5,7-9,11,13,18H,6,10,12,14-15H2,1H3,(H,21,23). The number of para-hydroxylation sites is 1. The molecule has 1 aliphatic rings. The number of carbonyl (C=O) groups excluding carboxylic acids is 1. The molecule has 0 aromatic heterocycles. The highest BCUT2D eigenvalue weighted by Crippen LogP contribution is 2.24. The molecule has 0 radical (unpaired) electrons. The maximum atomic E-state index is 12.2. The molecule has 4 nitrogen and oxygen atoms in total. The molecule has 1 aliphatic heterocycles. The first kappa shape index (κ1) is 16.4. The number of ether oxygens (including phenoxy) is 1. The van der Waals surface area contributed by atoms with Crippen molar-refractivity contribution in [2.45, 2.75) is 25.3 Å². The van der Waals surface area contributed by atoms with Crippen molar-refractivity contribution >= 4 is 11.6 Å². The van der Waals surface area contributed by atoms with Gasteiger partial charge >= 0.3 is 0 Å². The molecule has 2 aromatic rings. The largest absolute Gasteiger partial charge is 0.497 e. The highest BCUT2D eigenvalue weighted by Gasteiger charge is 2.24. The van der Waals surface area contributed by atoms with E-state index in [2.05, 4.69) is 34.5 Å². The molecule has 0 spiro atoms. The third-order valence-electron chi connectivity index (χ3n) is 4.50. The molecule has 1 atom stereocenters. The Kier molecular flexibility index (Phi) is 5.36. The molecular weight excluding hydrogens is 300 g/mol. The van der Waals surface area contributed by atoms with Crippen molar-refractivity contribution in [1.29, 1.82) is 0 Å². The van der Waals surface area contributed by atoms with Gasteiger partial charge in [-0.2, -0.15) is 0 Å². The second kappa shape index (κ2) is 7.86. The summed E-state index contributed by atoms with van der Waals surface area (Å²) >= 11 is 0. The number of methoxy groups -OCH3 is 1. The van der Waals surface area contributed by atoms with Crippen molar-refractivity contribution in [2.24, 2.45) is 0 Å². The van der Waals surface area contributed by atoms with E-state index < -0.39 is 0 Å². The summed E-state index contributed by atoms with van der Waals surface area (Å²) < 4.78 is 5.20. The van der Waals surface area contributed by atoms with Gasteiger partial charge in [-0.1, -0.05) is 30.3 Å². The van der Waals surface area contributed by atoms with Crippen LogP contribution in [0.3, 0.4) is 0 Å². The van der Waals surface area contributed by atoms with Crippen molar-refractivity contribution in [1.82, 2.24) is 5.32 Å². The van der Waals surface area contributed by atoms with E-state index in [1.165, 1.54) is 12.1 Å². The zero-order chi connectivity index (χ0) is 16.8. The van der Waals surface area contributed by atoms with Gasteiger partial charge in [-0.25, -0.2) is 0 Å². The number of amides is 1. The predicted molar refractivity (Wildman–Crippen MR) is 96.5 cm³/mol. The van der Waals surface area contributed by atoms with Gasteiger partial charge in [0.25, 0.3) is 0 Å². The summed E-state index contributed by atoms with van der Waals surface area (Å²) in [7, 11) is 1.64. The normalized spacial score (nSPS) is 16.9. The molecule has 4 heteroatoms. The van der Waals surface area contributed by atoms with E-state index >= 15 is 0 Å². The minimum absolute atomic E-state index is 0.0585. The quantitative estimate of drug-likeness (QED) is 0.888. The second-order valence-electron chi connectivity index (χ2n) is 6.16. The number of anilines is 1. The van der Waals surface area contributed by atoms with E-state index in [4.69, 9.17) is 4.74 Å². The van der Waals surface area contributed by atoms with Crippen LogP contribution in [0.4, 0.5) is 5.69 Å². The van der Waals surface area contributed by atoms with Gasteiger partial charge in [0.1, 0.15) is 5.75 Å². The van der Waals surface area contributed by atoms with Crippen LogP contribution < -0.4 is 15.0 Å². The monoisotopic (exact) mass is 324 g/mol. The van der Waals surface area contributed by atoms with Gasteiger partial charge in [-0.3, -0.25) is 4.79 Å². The number of benzene rings is 2. The van der Waals surface area contributed by atoms with E-state index in [-0.39, 0.29) is 5.91 Å². The van der Waals surface area contributed by atoms with Crippen LogP contribution in [0, 0.1) is 0 Å². The van der Waals surface area contributed by atoms with Crippen molar-refractivity contribution < 1.29 is 9.53 Å². The molecule has 1 amide bonds. The summed E-state index contributed by atoms with van der Waals surface area (Å²) in [6.45, 7) is 1.75. The van der Waals surface area contributed by atoms with Crippen LogP contribution in [0.1, 0.15) is 18.4 Å². The maximum Gasteiger partial charge on any atom is 0.224 e. The minimum Gasteiger partial charge on any atom is -0.497 e. The Bertz CT molecular complexity index is 672. The summed E-state index contributed by atoms with van der Waals surface area (Å²) in [6.07, 6.45) is 2.68. The molecule has 126 valence electrons. The van der Waals surface area contributed by atoms with Gasteiger partial charge in [-0.15, -0.1) is 0 Å². The number of nitrogens with one attached hydrogen (secondary N) is 1. The average Bonchev–Trinajstić information content (AvgIpc) is 3.09. The van der Waals surface area contributed by atoms with Crippen LogP contribution in [-0.2, 0) is 11.2 Å². The van der Waals surface area contributed by atoms with E-state index in [9.17, 15) is 4.79 Å². The molecule has 0 bridgehead atoms. The molecule has 2 aromatic carbocycles. The molecular formula is C20H24N2O2. The number of carbonyl (C=O) groups is 1. The van der Waals surface area contributed by atoms with Crippen LogP contribution in [0.15, 0.2) is 54.6 Å². The number of nitrogens with zero attached hydrogens (tertiary/aromatic N) is 1. The van der Waals surface area contributed by atoms with Crippen LogP contribution in [-0.4, -0.2) is 32.1 Å². The Labute approximate surface area is 143 Å². The average molecular weight is 324 g/mol. The highest BCUT2D eigenvalue weighted by atomic mass is 16.5. The van der Waals surface area contributed by atoms with E-state index in [0.717, 1.165) is 24.3 Å². The molecule has 3 rings (SSSR count). The molecule has 1 unspecified atom stereocenters. The van der Waals surface area contributed by atoms with Gasteiger partial charge in [0, 0.05) is 24.8 Å². The van der Waals surface area contributed by atoms with Crippen LogP contribution >= 0.6 is 0 Å². The molecule has 1 fully saturated rings. The predicted octanol–water partition coefficient (Wildman–Crippen LogP) is 3.02. The van der Waals surface area contributed by atoms with E-state index in [0.29, 0.717) is 19.0 Å². The van der Waals surface area contributed by atoms with E-state index in [1.54, 1.807) is 7.11 Å². The zero-order valence-electron chi connectivity index (χ0n) is 14.1. The Morgan fingerprint density at radius 2 is 2.04 bits per heavy atom. The van der Waals surface area contributed by atoms with Crippen LogP contribution in [0.5, 0.6) is 5.75 Å². The summed E-state index contributed by atoms with van der Waals surface area (Å²) in [5.41, 5.74) is 2.21. The Hall–Kier alpha value is -2.49. The van der Waals surface area contributed by atoms with Gasteiger partial charge < -0.3 is 15.0 Å². The first-order valence-electron chi connectivity index (χ1n) is 8.47. The maximum absolute atomic E-state index is 12.2. The van der Waals surface area contributed by atoms with Crippen LogP contribution in [0.25, 0.3) is 0 Å². The molecule has 1 heterocycles. The molecule has 1 saturated heterocycles. The van der Waals surface area contributed by atoms with Crippen molar-refractivity contribution in [3.8, 4) is 5.75 Å². The third kappa shape index (κ3) is 4.07. The smallest absolute Gasteiger partial charge is 0.224 e. The number of hydrogen-bond donors (Lipinski definition) is 1. The van der Waals surface area contributed by atoms with Gasteiger partial charge in [0.2, 0.25) is 5.91 Å². The summed E-state index contributed by atoms with van der Waals surface area (Å²) in [4.78, 5) is 14.6. The van der Waals surface area contributed by atoms with Crippen molar-refractivity contribution in [3.05, 3.63) is 60.2 Å². The van der Waals surface area contributed by atoms with Gasteiger partial charge in [-0.05, 0) is 42.7 Å². The Balaban J connectivity index is 1.54. The number of rotatable bonds is 6. The first-order chi connectivity index (χ1) is 11.8. The van der Waals surface area contributed by atoms with Gasteiger partial charge in [0.15, 0.2) is 0 Å². The Morgan fingerprint density at radius 1 is 1.21 bits per heavy atom. The van der Waals surface area contributed by atoms with Crippen molar-refractivity contribution in [2.75, 3.05) is 25.1 Å². The topological polar surface area (TPSA) is 41.6 Å². The fourth-order valence-corrected chi connectivity index (χ4v) is 3.27. The summed E-state index contributed by atoms with van der Waals surface area (Å²) in [6, 6.07) is 18.5. The molecule has 0 aliphatic carbocycles. The lowest BCUT2D eigenvalue weighted by molar-refractivity contribution is -0.120. The minimum atomic E-state index is 0.0585. The lowest BCUT2D eigenvalue weighted by Gasteiger charge is -2.27. The summed E-state index contributed by atoms with van der Waals surface area (Å²) in [5.74, 6) is 0.842. The van der Waals surface area contributed by atoms with Gasteiger partial charge in [0.05, 0.1) is 13.5 Å². The molecule has 24 heavy (non-hydrogen) atoms. The SMILES string of the molecule is COc1cccc(CC(=O)NCC2CCCN2c2ccccc2)c1. The second-order valence-corrected chi connectivity index (χ2v) is 6.16. The number of hydrogen-bond acceptors (Lipinski definition) is 3. The fourth-order valence-electron chi connectivity index (χ4n) is 3.27. The third-order valence-corrected chi connectivity index (χ3v) is 4.50.